The summed E-state index contributed by atoms with van der Waals surface area (Å²) in [7, 11) is 0. The van der Waals surface area contributed by atoms with E-state index in [0.29, 0.717) is 17.9 Å². The average Bonchev–Trinajstić information content (AvgIpc) is 3.00. The van der Waals surface area contributed by atoms with Gasteiger partial charge in [0.25, 0.3) is 0 Å². The molecule has 0 saturated heterocycles. The van der Waals surface area contributed by atoms with E-state index in [4.69, 9.17) is 4.74 Å². The largest absolute Gasteiger partial charge is 0.573 e. The van der Waals surface area contributed by atoms with Gasteiger partial charge in [0.1, 0.15) is 17.2 Å². The van der Waals surface area contributed by atoms with Crippen LogP contribution in [-0.4, -0.2) is 27.7 Å². The Morgan fingerprint density at radius 3 is 1.97 bits per heavy atom. The van der Waals surface area contributed by atoms with Gasteiger partial charge < -0.3 is 14.0 Å². The normalized spacial score (nSPS) is 11.4. The second-order valence-electron chi connectivity index (χ2n) is 7.39. The van der Waals surface area contributed by atoms with Gasteiger partial charge in [-0.15, -0.1) is 30.7 Å². The van der Waals surface area contributed by atoms with Gasteiger partial charge in [0.15, 0.2) is 0 Å². The van der Waals surface area contributed by atoms with Crippen molar-refractivity contribution in [1.82, 2.24) is 14.8 Å². The first-order chi connectivity index (χ1) is 15.2. The minimum absolute atomic E-state index is 0. The van der Waals surface area contributed by atoms with Crippen LogP contribution in [0.25, 0.3) is 27.7 Å². The summed E-state index contributed by atoms with van der Waals surface area (Å²) >= 11 is 0. The molecule has 4 aromatic rings. The number of hydrogen-bond donors (Lipinski definition) is 0. The van der Waals surface area contributed by atoms with Crippen LogP contribution in [-0.2, 0) is 0 Å². The number of aryl methyl sites for hydroxylation is 3. The molecule has 0 unspecified atom stereocenters. The van der Waals surface area contributed by atoms with Gasteiger partial charge in [-0.2, -0.15) is 5.10 Å². The monoisotopic (exact) mass is 477 g/mol. The molecule has 0 N–H and O–H groups in total. The number of rotatable bonds is 5. The van der Waals surface area contributed by atoms with Gasteiger partial charge >= 0.3 is 6.36 Å². The van der Waals surface area contributed by atoms with Crippen molar-refractivity contribution in [1.29, 1.82) is 0 Å². The van der Waals surface area contributed by atoms with Crippen LogP contribution >= 0.6 is 12.4 Å². The molecule has 174 valence electrons. The zero-order chi connectivity index (χ0) is 23.0. The second kappa shape index (κ2) is 9.31. The minimum atomic E-state index is -4.74. The summed E-state index contributed by atoms with van der Waals surface area (Å²) in [5, 5.41) is 10.6. The van der Waals surface area contributed by atoms with E-state index in [2.05, 4.69) is 19.5 Å². The van der Waals surface area contributed by atoms with Crippen LogP contribution in [0.15, 0.2) is 48.5 Å². The van der Waals surface area contributed by atoms with Crippen LogP contribution in [0.1, 0.15) is 24.0 Å². The fraction of sp³-hybridized carbons (Fsp3) is 0.250. The number of fused-ring (bicyclic) bond motifs is 1. The molecule has 5 nitrogen and oxygen atoms in total. The first kappa shape index (κ1) is 24.4. The molecule has 2 aromatic carbocycles. The van der Waals surface area contributed by atoms with Crippen LogP contribution in [0.5, 0.6) is 11.5 Å². The molecule has 0 aliphatic heterocycles. The number of benzene rings is 2. The highest BCUT2D eigenvalue weighted by atomic mass is 35.5. The Morgan fingerprint density at radius 2 is 1.39 bits per heavy atom. The third-order valence-corrected chi connectivity index (χ3v) is 5.31. The quantitative estimate of drug-likeness (QED) is 0.319. The third kappa shape index (κ3) is 4.75. The van der Waals surface area contributed by atoms with E-state index in [0.717, 1.165) is 39.3 Å². The summed E-state index contributed by atoms with van der Waals surface area (Å²) < 4.78 is 49.1. The van der Waals surface area contributed by atoms with Crippen molar-refractivity contribution in [3.8, 4) is 28.4 Å². The van der Waals surface area contributed by atoms with Gasteiger partial charge in [0.2, 0.25) is 0 Å². The predicted molar refractivity (Wildman–Crippen MR) is 124 cm³/mol. The van der Waals surface area contributed by atoms with Crippen molar-refractivity contribution < 1.29 is 22.6 Å². The SMILES string of the molecule is CCOc1ccc(-n2c(C)c3c(C)nnc(-c4ccc(OC(F)(F)F)cc4)c3c2C)cc1.Cl. The van der Waals surface area contributed by atoms with Crippen molar-refractivity contribution in [2.45, 2.75) is 34.1 Å². The molecule has 0 saturated carbocycles. The van der Waals surface area contributed by atoms with Crippen molar-refractivity contribution in [2.75, 3.05) is 6.61 Å². The molecule has 0 amide bonds. The van der Waals surface area contributed by atoms with Crippen LogP contribution in [0, 0.1) is 20.8 Å². The Kier molecular flexibility index (Phi) is 6.88. The molecular formula is C24H23ClF3N3O2. The summed E-state index contributed by atoms with van der Waals surface area (Å²) in [5.41, 5.74) is 4.99. The first-order valence-corrected chi connectivity index (χ1v) is 10.1. The molecule has 2 heterocycles. The third-order valence-electron chi connectivity index (χ3n) is 5.31. The maximum Gasteiger partial charge on any atom is 0.573 e. The van der Waals surface area contributed by atoms with Crippen LogP contribution < -0.4 is 9.47 Å². The van der Waals surface area contributed by atoms with E-state index in [1.807, 2.05) is 52.0 Å². The lowest BCUT2D eigenvalue weighted by Gasteiger charge is -2.11. The Hall–Kier alpha value is -3.26. The zero-order valence-corrected chi connectivity index (χ0v) is 19.3. The number of aromatic nitrogens is 3. The van der Waals surface area contributed by atoms with Gasteiger partial charge in [-0.1, -0.05) is 0 Å². The lowest BCUT2D eigenvalue weighted by Crippen LogP contribution is -2.16. The van der Waals surface area contributed by atoms with E-state index in [9.17, 15) is 13.2 Å². The van der Waals surface area contributed by atoms with Crippen LogP contribution in [0.3, 0.4) is 0 Å². The fourth-order valence-corrected chi connectivity index (χ4v) is 4.06. The lowest BCUT2D eigenvalue weighted by molar-refractivity contribution is -0.274. The summed E-state index contributed by atoms with van der Waals surface area (Å²) in [5.74, 6) is 0.516. The summed E-state index contributed by atoms with van der Waals surface area (Å²) in [6, 6.07) is 13.5. The van der Waals surface area contributed by atoms with Crippen LogP contribution in [0.2, 0.25) is 0 Å². The van der Waals surface area contributed by atoms with Gasteiger partial charge in [-0.3, -0.25) is 0 Å². The molecule has 2 aromatic heterocycles. The van der Waals surface area contributed by atoms with Crippen molar-refractivity contribution in [2.24, 2.45) is 0 Å². The van der Waals surface area contributed by atoms with Crippen molar-refractivity contribution in [3.05, 3.63) is 65.6 Å². The van der Waals surface area contributed by atoms with Crippen molar-refractivity contribution >= 4 is 23.2 Å². The molecule has 0 radical (unpaired) electrons. The molecule has 4 rings (SSSR count). The van der Waals surface area contributed by atoms with Gasteiger partial charge in [-0.05, 0) is 76.2 Å². The topological polar surface area (TPSA) is 49.2 Å². The number of nitrogens with zero attached hydrogens (tertiary/aromatic N) is 3. The maximum absolute atomic E-state index is 12.5. The number of hydrogen-bond acceptors (Lipinski definition) is 4. The molecule has 9 heteroatoms. The summed E-state index contributed by atoms with van der Waals surface area (Å²) in [6.45, 7) is 8.45. The molecule has 0 aliphatic rings. The average molecular weight is 478 g/mol. The second-order valence-corrected chi connectivity index (χ2v) is 7.39. The Balaban J connectivity index is 0.00000306. The molecule has 0 atom stereocenters. The van der Waals surface area contributed by atoms with Gasteiger partial charge in [0, 0.05) is 33.4 Å². The maximum atomic E-state index is 12.5. The number of ether oxygens (including phenoxy) is 2. The molecule has 0 spiro atoms. The Morgan fingerprint density at radius 1 is 0.818 bits per heavy atom. The molecule has 33 heavy (non-hydrogen) atoms. The fourth-order valence-electron chi connectivity index (χ4n) is 4.06. The molecule has 0 fully saturated rings. The smallest absolute Gasteiger partial charge is 0.494 e. The summed E-state index contributed by atoms with van der Waals surface area (Å²) in [6.07, 6.45) is -4.74. The van der Waals surface area contributed by atoms with Crippen LogP contribution in [0.4, 0.5) is 13.2 Å². The zero-order valence-electron chi connectivity index (χ0n) is 18.5. The molecule has 0 bridgehead atoms. The lowest BCUT2D eigenvalue weighted by atomic mass is 10.0. The highest BCUT2D eigenvalue weighted by Crippen LogP contribution is 2.37. The predicted octanol–water partition coefficient (Wildman–Crippen LogP) is 6.73. The van der Waals surface area contributed by atoms with E-state index >= 15 is 0 Å². The standard InChI is InChI=1S/C24H22F3N3O2.ClH/c1-5-31-19-12-8-18(9-13-19)30-15(3)21-14(2)28-29-23(22(21)16(30)4)17-6-10-20(11-7-17)32-24(25,26)27;/h6-13H,5H2,1-4H3;1H. The minimum Gasteiger partial charge on any atom is -0.494 e. The van der Waals surface area contributed by atoms with E-state index < -0.39 is 6.36 Å². The van der Waals surface area contributed by atoms with E-state index in [1.165, 1.54) is 12.1 Å². The highest BCUT2D eigenvalue weighted by Gasteiger charge is 2.31. The molecular weight excluding hydrogens is 455 g/mol. The highest BCUT2D eigenvalue weighted by molar-refractivity contribution is 6.00. The molecule has 0 aliphatic carbocycles. The Labute approximate surface area is 195 Å². The van der Waals surface area contributed by atoms with Gasteiger partial charge in [-0.25, -0.2) is 0 Å². The summed E-state index contributed by atoms with van der Waals surface area (Å²) in [4.78, 5) is 0. The number of alkyl halides is 3. The first-order valence-electron chi connectivity index (χ1n) is 10.1. The Bertz CT molecular complexity index is 1270. The van der Waals surface area contributed by atoms with Crippen molar-refractivity contribution in [3.63, 3.8) is 0 Å². The number of halogens is 4. The van der Waals surface area contributed by atoms with E-state index in [1.54, 1.807) is 12.1 Å². The van der Waals surface area contributed by atoms with E-state index in [-0.39, 0.29) is 18.2 Å². The van der Waals surface area contributed by atoms with Gasteiger partial charge in [0.05, 0.1) is 12.3 Å².